The Bertz CT molecular complexity index is 317. The number of benzene rings is 1. The number of hydrogen-bond donors (Lipinski definition) is 1. The number of hydrogen-bond acceptors (Lipinski definition) is 1. The van der Waals surface area contributed by atoms with Crippen molar-refractivity contribution in [1.29, 1.82) is 0 Å². The molecule has 1 aliphatic rings. The summed E-state index contributed by atoms with van der Waals surface area (Å²) >= 11 is 0. The molecular weight excluding hydrogens is 160 g/mol. The van der Waals surface area contributed by atoms with Gasteiger partial charge >= 0.3 is 0 Å². The van der Waals surface area contributed by atoms with Crippen LogP contribution in [0.1, 0.15) is 36.0 Å². The van der Waals surface area contributed by atoms with Gasteiger partial charge in [-0.3, -0.25) is 0 Å². The molecule has 0 heterocycles. The largest absolute Gasteiger partial charge is 0.393 e. The molecule has 0 saturated heterocycles. The summed E-state index contributed by atoms with van der Waals surface area (Å²) in [6.07, 6.45) is 1.61. The lowest BCUT2D eigenvalue weighted by molar-refractivity contribution is 0.149. The van der Waals surface area contributed by atoms with Gasteiger partial charge in [0.25, 0.3) is 0 Å². The molecule has 0 spiro atoms. The van der Waals surface area contributed by atoms with Gasteiger partial charge in [-0.05, 0) is 36.8 Å². The Morgan fingerprint density at radius 3 is 2.92 bits per heavy atom. The Kier molecular flexibility index (Phi) is 2.12. The summed E-state index contributed by atoms with van der Waals surface area (Å²) in [6.45, 7) is 4.32. The molecule has 1 aliphatic carbocycles. The Hall–Kier alpha value is -0.820. The maximum Gasteiger partial charge on any atom is 0.0586 e. The highest BCUT2D eigenvalue weighted by atomic mass is 16.3. The van der Waals surface area contributed by atoms with Gasteiger partial charge in [-0.2, -0.15) is 0 Å². The zero-order chi connectivity index (χ0) is 9.42. The Balaban J connectivity index is 2.43. The first-order valence-corrected chi connectivity index (χ1v) is 4.94. The average Bonchev–Trinajstić information content (AvgIpc) is 2.06. The van der Waals surface area contributed by atoms with Crippen LogP contribution in [0.2, 0.25) is 0 Å². The van der Waals surface area contributed by atoms with Crippen molar-refractivity contribution >= 4 is 0 Å². The van der Waals surface area contributed by atoms with Crippen LogP contribution in [0.3, 0.4) is 0 Å². The fourth-order valence-corrected chi connectivity index (χ4v) is 2.23. The zero-order valence-corrected chi connectivity index (χ0v) is 8.25. The summed E-state index contributed by atoms with van der Waals surface area (Å²) in [5.41, 5.74) is 4.09. The molecule has 13 heavy (non-hydrogen) atoms. The summed E-state index contributed by atoms with van der Waals surface area (Å²) in [6, 6.07) is 6.54. The molecule has 0 amide bonds. The second-order valence-corrected chi connectivity index (χ2v) is 4.20. The third-order valence-corrected chi connectivity index (χ3v) is 2.91. The third kappa shape index (κ3) is 1.61. The van der Waals surface area contributed by atoms with Crippen LogP contribution in [0, 0.1) is 6.92 Å². The number of fused-ring (bicyclic) bond motifs is 1. The van der Waals surface area contributed by atoms with Gasteiger partial charge in [0.2, 0.25) is 0 Å². The van der Waals surface area contributed by atoms with Crippen LogP contribution in [-0.4, -0.2) is 11.2 Å². The molecule has 0 bridgehead atoms. The number of aliphatic hydroxyl groups excluding tert-OH is 1. The van der Waals surface area contributed by atoms with Crippen molar-refractivity contribution in [3.05, 3.63) is 34.9 Å². The van der Waals surface area contributed by atoms with Gasteiger partial charge in [-0.1, -0.05) is 30.7 Å². The first kappa shape index (κ1) is 8.76. The highest BCUT2D eigenvalue weighted by Crippen LogP contribution is 2.31. The van der Waals surface area contributed by atoms with E-state index in [0.717, 1.165) is 12.8 Å². The zero-order valence-electron chi connectivity index (χ0n) is 8.25. The topological polar surface area (TPSA) is 20.2 Å². The van der Waals surface area contributed by atoms with Gasteiger partial charge in [-0.15, -0.1) is 0 Å². The lowest BCUT2D eigenvalue weighted by atomic mass is 9.82. The highest BCUT2D eigenvalue weighted by molar-refractivity contribution is 5.36. The monoisotopic (exact) mass is 176 g/mol. The minimum atomic E-state index is -0.134. The molecule has 70 valence electrons. The SMILES string of the molecule is Cc1ccc2c(c1)[C@H](C)C[C@H](O)C2. The van der Waals surface area contributed by atoms with Crippen LogP contribution in [0.25, 0.3) is 0 Å². The van der Waals surface area contributed by atoms with E-state index in [9.17, 15) is 5.11 Å². The van der Waals surface area contributed by atoms with Crippen LogP contribution in [0.5, 0.6) is 0 Å². The number of rotatable bonds is 0. The van der Waals surface area contributed by atoms with E-state index in [1.54, 1.807) is 0 Å². The highest BCUT2D eigenvalue weighted by Gasteiger charge is 2.21. The van der Waals surface area contributed by atoms with Gasteiger partial charge in [0.05, 0.1) is 6.10 Å². The third-order valence-electron chi connectivity index (χ3n) is 2.91. The molecule has 1 aromatic rings. The molecule has 0 unspecified atom stereocenters. The standard InChI is InChI=1S/C12H16O/c1-8-3-4-10-7-11(13)6-9(2)12(10)5-8/h3-5,9,11,13H,6-7H2,1-2H3/t9-,11+/m1/s1. The molecule has 0 radical (unpaired) electrons. The lowest BCUT2D eigenvalue weighted by Crippen LogP contribution is -2.21. The molecular formula is C12H16O. The van der Waals surface area contributed by atoms with E-state index in [2.05, 4.69) is 32.0 Å². The first-order valence-electron chi connectivity index (χ1n) is 4.94. The van der Waals surface area contributed by atoms with Crippen molar-refractivity contribution in [2.45, 2.75) is 38.7 Å². The van der Waals surface area contributed by atoms with Crippen molar-refractivity contribution in [3.63, 3.8) is 0 Å². The van der Waals surface area contributed by atoms with Crippen LogP contribution >= 0.6 is 0 Å². The molecule has 1 nitrogen and oxygen atoms in total. The van der Waals surface area contributed by atoms with Crippen LogP contribution in [-0.2, 0) is 6.42 Å². The Morgan fingerprint density at radius 1 is 1.38 bits per heavy atom. The maximum absolute atomic E-state index is 9.60. The first-order chi connectivity index (χ1) is 6.16. The van der Waals surface area contributed by atoms with Gasteiger partial charge in [0, 0.05) is 0 Å². The molecule has 0 aliphatic heterocycles. The molecule has 0 fully saturated rings. The van der Waals surface area contributed by atoms with E-state index in [1.807, 2.05) is 0 Å². The molecule has 1 heteroatoms. The average molecular weight is 176 g/mol. The van der Waals surface area contributed by atoms with Crippen molar-refractivity contribution in [3.8, 4) is 0 Å². The fraction of sp³-hybridized carbons (Fsp3) is 0.500. The van der Waals surface area contributed by atoms with E-state index in [4.69, 9.17) is 0 Å². The second-order valence-electron chi connectivity index (χ2n) is 4.20. The van der Waals surface area contributed by atoms with E-state index >= 15 is 0 Å². The fourth-order valence-electron chi connectivity index (χ4n) is 2.23. The predicted molar refractivity (Wildman–Crippen MR) is 53.9 cm³/mol. The summed E-state index contributed by atoms with van der Waals surface area (Å²) in [5, 5.41) is 9.60. The van der Waals surface area contributed by atoms with Crippen molar-refractivity contribution in [2.75, 3.05) is 0 Å². The molecule has 2 rings (SSSR count). The minimum Gasteiger partial charge on any atom is -0.393 e. The summed E-state index contributed by atoms with van der Waals surface area (Å²) < 4.78 is 0. The summed E-state index contributed by atoms with van der Waals surface area (Å²) in [7, 11) is 0. The number of aliphatic hydroxyl groups is 1. The molecule has 2 atom stereocenters. The van der Waals surface area contributed by atoms with E-state index in [-0.39, 0.29) is 6.10 Å². The van der Waals surface area contributed by atoms with Crippen molar-refractivity contribution in [2.24, 2.45) is 0 Å². The van der Waals surface area contributed by atoms with Crippen LogP contribution in [0.4, 0.5) is 0 Å². The van der Waals surface area contributed by atoms with E-state index in [0.29, 0.717) is 5.92 Å². The van der Waals surface area contributed by atoms with Crippen molar-refractivity contribution in [1.82, 2.24) is 0 Å². The smallest absolute Gasteiger partial charge is 0.0586 e. The minimum absolute atomic E-state index is 0.134. The van der Waals surface area contributed by atoms with Crippen LogP contribution in [0.15, 0.2) is 18.2 Å². The van der Waals surface area contributed by atoms with Gasteiger partial charge in [0.15, 0.2) is 0 Å². The molecule has 0 saturated carbocycles. The lowest BCUT2D eigenvalue weighted by Gasteiger charge is -2.26. The maximum atomic E-state index is 9.60. The molecule has 0 aromatic heterocycles. The quantitative estimate of drug-likeness (QED) is 0.643. The Labute approximate surface area is 79.4 Å². The number of aryl methyl sites for hydroxylation is 1. The Morgan fingerprint density at radius 2 is 2.15 bits per heavy atom. The van der Waals surface area contributed by atoms with Gasteiger partial charge in [-0.25, -0.2) is 0 Å². The molecule has 1 N–H and O–H groups in total. The van der Waals surface area contributed by atoms with E-state index < -0.39 is 0 Å². The summed E-state index contributed by atoms with van der Waals surface area (Å²) in [5.74, 6) is 0.513. The normalized spacial score (nSPS) is 27.0. The predicted octanol–water partition coefficient (Wildman–Crippen LogP) is 2.41. The summed E-state index contributed by atoms with van der Waals surface area (Å²) in [4.78, 5) is 0. The van der Waals surface area contributed by atoms with Gasteiger partial charge < -0.3 is 5.11 Å². The second kappa shape index (κ2) is 3.15. The molecule has 1 aromatic carbocycles. The van der Waals surface area contributed by atoms with Crippen molar-refractivity contribution < 1.29 is 5.11 Å². The van der Waals surface area contributed by atoms with Crippen LogP contribution < -0.4 is 0 Å². The van der Waals surface area contributed by atoms with E-state index in [1.165, 1.54) is 16.7 Å². The van der Waals surface area contributed by atoms with Gasteiger partial charge in [0.1, 0.15) is 0 Å².